The van der Waals surface area contributed by atoms with Crippen LogP contribution in [0.3, 0.4) is 0 Å². The van der Waals surface area contributed by atoms with Crippen molar-refractivity contribution >= 4 is 23.7 Å². The van der Waals surface area contributed by atoms with Crippen LogP contribution in [0, 0.1) is 0 Å². The fourth-order valence-electron chi connectivity index (χ4n) is 2.27. The highest BCUT2D eigenvalue weighted by Gasteiger charge is 2.31. The van der Waals surface area contributed by atoms with Crippen LogP contribution in [0.2, 0.25) is 0 Å². The fraction of sp³-hybridized carbons (Fsp3) is 0.750. The minimum Gasteiger partial charge on any atom is -0.480 e. The predicted octanol–water partition coefficient (Wildman–Crippen LogP) is -4.69. The molecular weight excluding hydrogens is 388 g/mol. The van der Waals surface area contributed by atoms with Crippen molar-refractivity contribution in [1.82, 2.24) is 16.0 Å². The van der Waals surface area contributed by atoms with Gasteiger partial charge in [0.25, 0.3) is 0 Å². The molecule has 13 heteroatoms. The third-order valence-electron chi connectivity index (χ3n) is 4.05. The maximum Gasteiger partial charge on any atom is 0.328 e. The van der Waals surface area contributed by atoms with Gasteiger partial charge >= 0.3 is 5.97 Å². The van der Waals surface area contributed by atoms with Gasteiger partial charge in [0, 0.05) is 0 Å². The summed E-state index contributed by atoms with van der Waals surface area (Å²) in [6, 6.07) is -5.20. The van der Waals surface area contributed by atoms with Crippen molar-refractivity contribution in [3.63, 3.8) is 0 Å². The second-order valence-electron chi connectivity index (χ2n) is 6.61. The van der Waals surface area contributed by atoms with Gasteiger partial charge in [-0.3, -0.25) is 14.4 Å². The summed E-state index contributed by atoms with van der Waals surface area (Å²) in [5.41, 5.74) is 16.4. The lowest BCUT2D eigenvalue weighted by Gasteiger charge is -2.25. The third-order valence-corrected chi connectivity index (χ3v) is 4.05. The van der Waals surface area contributed by atoms with E-state index in [2.05, 4.69) is 16.0 Å². The monoisotopic (exact) mass is 420 g/mol. The molecule has 29 heavy (non-hydrogen) atoms. The zero-order chi connectivity index (χ0) is 22.7. The fourth-order valence-corrected chi connectivity index (χ4v) is 2.27. The number of hydrogen-bond donors (Lipinski definition) is 9. The molecule has 0 radical (unpaired) electrons. The molecule has 0 heterocycles. The molecule has 13 nitrogen and oxygen atoms in total. The molecule has 0 saturated heterocycles. The average molecular weight is 420 g/mol. The van der Waals surface area contributed by atoms with Gasteiger partial charge in [0.2, 0.25) is 17.7 Å². The van der Waals surface area contributed by atoms with E-state index in [9.17, 15) is 29.4 Å². The molecule has 0 aromatic carbocycles. The first-order chi connectivity index (χ1) is 13.5. The summed E-state index contributed by atoms with van der Waals surface area (Å²) in [6.07, 6.45) is -2.54. The topological polar surface area (TPSA) is 243 Å². The summed E-state index contributed by atoms with van der Waals surface area (Å²) in [6.45, 7) is 2.52. The molecule has 6 atom stereocenters. The van der Waals surface area contributed by atoms with E-state index in [0.29, 0.717) is 0 Å². The van der Waals surface area contributed by atoms with E-state index in [1.165, 1.54) is 13.8 Å². The molecular formula is C16H32N6O7. The summed E-state index contributed by atoms with van der Waals surface area (Å²) in [4.78, 5) is 48.0. The first-order valence-electron chi connectivity index (χ1n) is 9.11. The molecule has 0 aromatic heterocycles. The van der Waals surface area contributed by atoms with Crippen molar-refractivity contribution in [2.24, 2.45) is 17.2 Å². The highest BCUT2D eigenvalue weighted by molar-refractivity contribution is 5.94. The smallest absolute Gasteiger partial charge is 0.328 e. The second-order valence-corrected chi connectivity index (χ2v) is 6.61. The zero-order valence-corrected chi connectivity index (χ0v) is 16.5. The summed E-state index contributed by atoms with van der Waals surface area (Å²) in [7, 11) is 0. The van der Waals surface area contributed by atoms with E-state index in [4.69, 9.17) is 22.3 Å². The molecule has 12 N–H and O–H groups in total. The number of carbonyl (C=O) groups excluding carboxylic acids is 3. The molecule has 0 spiro atoms. The molecule has 0 aliphatic heterocycles. The highest BCUT2D eigenvalue weighted by Crippen LogP contribution is 2.01. The molecule has 3 amide bonds. The van der Waals surface area contributed by atoms with E-state index in [0.717, 1.165) is 0 Å². The maximum atomic E-state index is 12.5. The minimum atomic E-state index is -1.58. The lowest BCUT2D eigenvalue weighted by Crippen LogP contribution is -2.59. The number of aliphatic carboxylic acids is 1. The summed E-state index contributed by atoms with van der Waals surface area (Å²) >= 11 is 0. The second kappa shape index (κ2) is 13.0. The predicted molar refractivity (Wildman–Crippen MR) is 102 cm³/mol. The van der Waals surface area contributed by atoms with Gasteiger partial charge < -0.3 is 48.5 Å². The number of amides is 3. The molecule has 0 aromatic rings. The van der Waals surface area contributed by atoms with Crippen LogP contribution in [-0.2, 0) is 19.2 Å². The SMILES string of the molecule is C[C@@H](O)[C@H](N)C(=O)N[C@@H](CCN)C(=O)N[C@@H](CCN)C(=O)N[C@H](C(=O)O)[C@@H](C)O. The average Bonchev–Trinajstić information content (AvgIpc) is 2.63. The number of hydrogen-bond acceptors (Lipinski definition) is 9. The van der Waals surface area contributed by atoms with Crippen molar-refractivity contribution in [3.05, 3.63) is 0 Å². The Morgan fingerprint density at radius 3 is 1.55 bits per heavy atom. The van der Waals surface area contributed by atoms with E-state index in [-0.39, 0.29) is 25.9 Å². The van der Waals surface area contributed by atoms with Crippen LogP contribution in [0.4, 0.5) is 0 Å². The number of aliphatic hydroxyl groups excluding tert-OH is 2. The van der Waals surface area contributed by atoms with E-state index in [1.54, 1.807) is 0 Å². The van der Waals surface area contributed by atoms with Crippen LogP contribution in [0.15, 0.2) is 0 Å². The van der Waals surface area contributed by atoms with Gasteiger partial charge in [-0.25, -0.2) is 4.79 Å². The van der Waals surface area contributed by atoms with Gasteiger partial charge in [0.1, 0.15) is 18.1 Å². The Hall–Kier alpha value is -2.32. The van der Waals surface area contributed by atoms with Crippen LogP contribution >= 0.6 is 0 Å². The summed E-state index contributed by atoms with van der Waals surface area (Å²) in [5, 5.41) is 34.8. The van der Waals surface area contributed by atoms with E-state index < -0.39 is 60.1 Å². The first-order valence-corrected chi connectivity index (χ1v) is 9.11. The Kier molecular flexibility index (Phi) is 12.0. The largest absolute Gasteiger partial charge is 0.480 e. The van der Waals surface area contributed by atoms with Gasteiger partial charge in [-0.15, -0.1) is 0 Å². The van der Waals surface area contributed by atoms with Crippen molar-refractivity contribution < 1.29 is 34.5 Å². The molecule has 0 saturated carbocycles. The minimum absolute atomic E-state index is 0.00833. The standard InChI is InChI=1S/C16H32N6O7/c1-7(23)11(19)15(27)21-9(3-5-17)13(25)20-10(4-6-18)14(26)22-12(8(2)24)16(28)29/h7-12,23-24H,3-6,17-19H2,1-2H3,(H,20,25)(H,21,27)(H,22,26)(H,28,29)/t7-,8-,9+,10+,11+,12+/m1/s1. The number of carboxylic acids is 1. The highest BCUT2D eigenvalue weighted by atomic mass is 16.4. The number of carboxylic acid groups (broad SMARTS) is 1. The molecule has 0 aliphatic carbocycles. The molecule has 0 fully saturated rings. The lowest BCUT2D eigenvalue weighted by molar-refractivity contribution is -0.145. The summed E-state index contributed by atoms with van der Waals surface area (Å²) in [5.74, 6) is -3.87. The number of rotatable bonds is 13. The van der Waals surface area contributed by atoms with Gasteiger partial charge in [-0.1, -0.05) is 0 Å². The van der Waals surface area contributed by atoms with Gasteiger partial charge in [0.05, 0.1) is 12.2 Å². The molecule has 0 bridgehead atoms. The van der Waals surface area contributed by atoms with E-state index >= 15 is 0 Å². The quantitative estimate of drug-likeness (QED) is 0.138. The number of nitrogens with one attached hydrogen (secondary N) is 3. The van der Waals surface area contributed by atoms with Crippen molar-refractivity contribution in [2.45, 2.75) is 63.1 Å². The number of nitrogens with two attached hydrogens (primary N) is 3. The van der Waals surface area contributed by atoms with Gasteiger partial charge in [-0.05, 0) is 39.8 Å². The van der Waals surface area contributed by atoms with Crippen molar-refractivity contribution in [1.29, 1.82) is 0 Å². The van der Waals surface area contributed by atoms with E-state index in [1.807, 2.05) is 0 Å². The Bertz CT molecular complexity index is 572. The molecule has 0 aliphatic rings. The van der Waals surface area contributed by atoms with Crippen LogP contribution in [0.5, 0.6) is 0 Å². The van der Waals surface area contributed by atoms with Crippen LogP contribution in [0.25, 0.3) is 0 Å². The van der Waals surface area contributed by atoms with Crippen LogP contribution < -0.4 is 33.2 Å². The van der Waals surface area contributed by atoms with Crippen molar-refractivity contribution in [2.75, 3.05) is 13.1 Å². The molecule has 0 unspecified atom stereocenters. The van der Waals surface area contributed by atoms with Crippen LogP contribution in [0.1, 0.15) is 26.7 Å². The Morgan fingerprint density at radius 2 is 1.21 bits per heavy atom. The van der Waals surface area contributed by atoms with Gasteiger partial charge in [0.15, 0.2) is 6.04 Å². The summed E-state index contributed by atoms with van der Waals surface area (Å²) < 4.78 is 0. The van der Waals surface area contributed by atoms with Gasteiger partial charge in [-0.2, -0.15) is 0 Å². The zero-order valence-electron chi connectivity index (χ0n) is 16.5. The molecule has 168 valence electrons. The lowest BCUT2D eigenvalue weighted by atomic mass is 10.1. The Morgan fingerprint density at radius 1 is 0.793 bits per heavy atom. The molecule has 0 rings (SSSR count). The normalized spacial score (nSPS) is 17.2. The van der Waals surface area contributed by atoms with Crippen molar-refractivity contribution in [3.8, 4) is 0 Å². The Labute approximate surface area is 168 Å². The third kappa shape index (κ3) is 9.15. The number of carbonyl (C=O) groups is 4. The first kappa shape index (κ1) is 26.7. The number of aliphatic hydroxyl groups is 2. The van der Waals surface area contributed by atoms with Crippen LogP contribution in [-0.4, -0.2) is 88.5 Å². The maximum absolute atomic E-state index is 12.5. The Balaban J connectivity index is 5.25.